The van der Waals surface area contributed by atoms with E-state index in [0.29, 0.717) is 0 Å². The van der Waals surface area contributed by atoms with Gasteiger partial charge in [0.25, 0.3) is 0 Å². The van der Waals surface area contributed by atoms with Crippen LogP contribution in [0.1, 0.15) is 18.9 Å². The van der Waals surface area contributed by atoms with Gasteiger partial charge in [0.05, 0.1) is 0 Å². The Kier molecular flexibility index (Phi) is 4.18. The molecule has 1 N–H and O–H groups in total. The van der Waals surface area contributed by atoms with Crippen LogP contribution in [-0.4, -0.2) is 37.1 Å². The van der Waals surface area contributed by atoms with Crippen molar-refractivity contribution in [3.63, 3.8) is 0 Å². The molecule has 1 atom stereocenters. The summed E-state index contributed by atoms with van der Waals surface area (Å²) in [6.07, 6.45) is 2.53. The van der Waals surface area contributed by atoms with E-state index in [1.165, 1.54) is 38.0 Å². The van der Waals surface area contributed by atoms with Crippen LogP contribution in [-0.2, 0) is 6.42 Å². The van der Waals surface area contributed by atoms with Gasteiger partial charge in [-0.3, -0.25) is 0 Å². The molecule has 1 aromatic heterocycles. The summed E-state index contributed by atoms with van der Waals surface area (Å²) in [6.45, 7) is 7.01. The van der Waals surface area contributed by atoms with Crippen LogP contribution >= 0.6 is 11.3 Å². The molecule has 3 heteroatoms. The van der Waals surface area contributed by atoms with E-state index in [2.05, 4.69) is 34.0 Å². The van der Waals surface area contributed by atoms with E-state index in [9.17, 15) is 0 Å². The van der Waals surface area contributed by atoms with E-state index < -0.39 is 0 Å². The highest BCUT2D eigenvalue weighted by Crippen LogP contribution is 2.12. The molecule has 0 bridgehead atoms. The SMILES string of the molecule is CCNC1CCN(CCc2ccsc2)C1. The largest absolute Gasteiger partial charge is 0.313 e. The molecule has 1 saturated heterocycles. The Morgan fingerprint density at radius 1 is 1.60 bits per heavy atom. The molecule has 1 aliphatic heterocycles. The fraction of sp³-hybridized carbons (Fsp3) is 0.667. The molecule has 2 heterocycles. The third-order valence-electron chi connectivity index (χ3n) is 3.06. The zero-order valence-electron chi connectivity index (χ0n) is 9.41. The quantitative estimate of drug-likeness (QED) is 0.822. The molecule has 0 spiro atoms. The van der Waals surface area contributed by atoms with Gasteiger partial charge >= 0.3 is 0 Å². The highest BCUT2D eigenvalue weighted by molar-refractivity contribution is 7.07. The second-order valence-corrected chi connectivity index (χ2v) is 5.01. The first-order valence-corrected chi connectivity index (χ1v) is 6.79. The number of nitrogens with one attached hydrogen (secondary N) is 1. The summed E-state index contributed by atoms with van der Waals surface area (Å²) in [6, 6.07) is 2.97. The van der Waals surface area contributed by atoms with Crippen molar-refractivity contribution in [3.8, 4) is 0 Å². The van der Waals surface area contributed by atoms with Crippen LogP contribution in [0.25, 0.3) is 0 Å². The lowest BCUT2D eigenvalue weighted by molar-refractivity contribution is 0.332. The Bertz CT molecular complexity index is 271. The third kappa shape index (κ3) is 3.30. The molecule has 1 fully saturated rings. The standard InChI is InChI=1S/C12H20N2S/c1-2-13-12-4-7-14(9-12)6-3-11-5-8-15-10-11/h5,8,10,12-13H,2-4,6-7,9H2,1H3. The van der Waals surface area contributed by atoms with Crippen molar-refractivity contribution >= 4 is 11.3 Å². The molecule has 1 unspecified atom stereocenters. The number of rotatable bonds is 5. The molecule has 2 nitrogen and oxygen atoms in total. The van der Waals surface area contributed by atoms with Crippen molar-refractivity contribution in [2.75, 3.05) is 26.2 Å². The number of likely N-dealkylation sites (tertiary alicyclic amines) is 1. The first-order chi connectivity index (χ1) is 7.38. The summed E-state index contributed by atoms with van der Waals surface area (Å²) in [7, 11) is 0. The summed E-state index contributed by atoms with van der Waals surface area (Å²) in [4.78, 5) is 2.57. The van der Waals surface area contributed by atoms with Gasteiger partial charge in [0.1, 0.15) is 0 Å². The number of likely N-dealkylation sites (N-methyl/N-ethyl adjacent to an activating group) is 1. The minimum Gasteiger partial charge on any atom is -0.313 e. The number of thiophene rings is 1. The van der Waals surface area contributed by atoms with Gasteiger partial charge in [-0.15, -0.1) is 0 Å². The molecule has 0 aromatic carbocycles. The summed E-state index contributed by atoms with van der Waals surface area (Å²) in [5.74, 6) is 0. The Labute approximate surface area is 96.3 Å². The molecular formula is C12H20N2S. The zero-order chi connectivity index (χ0) is 10.5. The molecule has 1 aliphatic rings. The average Bonchev–Trinajstić information content (AvgIpc) is 2.85. The van der Waals surface area contributed by atoms with E-state index in [4.69, 9.17) is 0 Å². The fourth-order valence-electron chi connectivity index (χ4n) is 2.21. The van der Waals surface area contributed by atoms with Crippen molar-refractivity contribution in [1.29, 1.82) is 0 Å². The van der Waals surface area contributed by atoms with Gasteiger partial charge < -0.3 is 10.2 Å². The molecule has 0 saturated carbocycles. The van der Waals surface area contributed by atoms with Crippen LogP contribution in [0.4, 0.5) is 0 Å². The Morgan fingerprint density at radius 3 is 3.27 bits per heavy atom. The van der Waals surface area contributed by atoms with E-state index in [0.717, 1.165) is 12.6 Å². The van der Waals surface area contributed by atoms with E-state index >= 15 is 0 Å². The Hall–Kier alpha value is -0.380. The van der Waals surface area contributed by atoms with Crippen molar-refractivity contribution in [1.82, 2.24) is 10.2 Å². The van der Waals surface area contributed by atoms with Crippen LogP contribution in [0.15, 0.2) is 16.8 Å². The van der Waals surface area contributed by atoms with Crippen LogP contribution in [0.2, 0.25) is 0 Å². The lowest BCUT2D eigenvalue weighted by Crippen LogP contribution is -2.32. The van der Waals surface area contributed by atoms with Crippen LogP contribution in [0.5, 0.6) is 0 Å². The highest BCUT2D eigenvalue weighted by atomic mass is 32.1. The maximum Gasteiger partial charge on any atom is 0.0207 e. The third-order valence-corrected chi connectivity index (χ3v) is 3.79. The summed E-state index contributed by atoms with van der Waals surface area (Å²) >= 11 is 1.80. The Balaban J connectivity index is 1.69. The first kappa shape index (κ1) is 11.1. The van der Waals surface area contributed by atoms with E-state index in [1.807, 2.05) is 0 Å². The molecule has 1 aromatic rings. The predicted molar refractivity (Wildman–Crippen MR) is 66.5 cm³/mol. The highest BCUT2D eigenvalue weighted by Gasteiger charge is 2.20. The maximum atomic E-state index is 3.53. The minimum absolute atomic E-state index is 0.734. The predicted octanol–water partition coefficient (Wildman–Crippen LogP) is 1.97. The summed E-state index contributed by atoms with van der Waals surface area (Å²) in [5, 5.41) is 7.96. The van der Waals surface area contributed by atoms with Gasteiger partial charge in [-0.25, -0.2) is 0 Å². The molecule has 0 aliphatic carbocycles. The van der Waals surface area contributed by atoms with Crippen molar-refractivity contribution in [2.24, 2.45) is 0 Å². The molecular weight excluding hydrogens is 204 g/mol. The number of hydrogen-bond acceptors (Lipinski definition) is 3. The smallest absolute Gasteiger partial charge is 0.0207 e. The Morgan fingerprint density at radius 2 is 2.53 bits per heavy atom. The molecule has 2 rings (SSSR count). The maximum absolute atomic E-state index is 3.53. The van der Waals surface area contributed by atoms with E-state index in [-0.39, 0.29) is 0 Å². The van der Waals surface area contributed by atoms with Gasteiger partial charge in [-0.2, -0.15) is 11.3 Å². The average molecular weight is 224 g/mol. The molecule has 15 heavy (non-hydrogen) atoms. The molecule has 0 radical (unpaired) electrons. The zero-order valence-corrected chi connectivity index (χ0v) is 10.2. The minimum atomic E-state index is 0.734. The summed E-state index contributed by atoms with van der Waals surface area (Å²) < 4.78 is 0. The van der Waals surface area contributed by atoms with Gasteiger partial charge in [-0.05, 0) is 48.3 Å². The second-order valence-electron chi connectivity index (χ2n) is 4.23. The topological polar surface area (TPSA) is 15.3 Å². The van der Waals surface area contributed by atoms with Gasteiger partial charge in [0.2, 0.25) is 0 Å². The number of hydrogen-bond donors (Lipinski definition) is 1. The first-order valence-electron chi connectivity index (χ1n) is 5.85. The van der Waals surface area contributed by atoms with Crippen molar-refractivity contribution < 1.29 is 0 Å². The van der Waals surface area contributed by atoms with Gasteiger partial charge in [0, 0.05) is 19.1 Å². The van der Waals surface area contributed by atoms with Crippen LogP contribution in [0, 0.1) is 0 Å². The second kappa shape index (κ2) is 5.64. The van der Waals surface area contributed by atoms with Gasteiger partial charge in [0.15, 0.2) is 0 Å². The monoisotopic (exact) mass is 224 g/mol. The number of nitrogens with zero attached hydrogens (tertiary/aromatic N) is 1. The van der Waals surface area contributed by atoms with Crippen LogP contribution < -0.4 is 5.32 Å². The van der Waals surface area contributed by atoms with Crippen LogP contribution in [0.3, 0.4) is 0 Å². The lowest BCUT2D eigenvalue weighted by atomic mass is 10.2. The molecule has 0 amide bonds. The summed E-state index contributed by atoms with van der Waals surface area (Å²) in [5.41, 5.74) is 1.49. The van der Waals surface area contributed by atoms with E-state index in [1.54, 1.807) is 11.3 Å². The molecule has 84 valence electrons. The lowest BCUT2D eigenvalue weighted by Gasteiger charge is -2.15. The fourth-order valence-corrected chi connectivity index (χ4v) is 2.92. The normalized spacial score (nSPS) is 22.3. The van der Waals surface area contributed by atoms with Gasteiger partial charge in [-0.1, -0.05) is 6.92 Å². The van der Waals surface area contributed by atoms with Crippen molar-refractivity contribution in [3.05, 3.63) is 22.4 Å². The van der Waals surface area contributed by atoms with Crippen molar-refractivity contribution in [2.45, 2.75) is 25.8 Å².